The Hall–Kier alpha value is -7.88. The Balaban J connectivity index is 1.05. The van der Waals surface area contributed by atoms with E-state index < -0.39 is 0 Å². The van der Waals surface area contributed by atoms with Gasteiger partial charge in [0, 0.05) is 55.8 Å². The molecule has 3 heteroatoms. The van der Waals surface area contributed by atoms with E-state index in [2.05, 4.69) is 245 Å². The zero-order valence-electron chi connectivity index (χ0n) is 39.7. The first-order chi connectivity index (χ1) is 34.7. The number of hydrogen-bond acceptors (Lipinski definition) is 2. The summed E-state index contributed by atoms with van der Waals surface area (Å²) in [7, 11) is 0. The number of benzene rings is 6. The third kappa shape index (κ3) is 7.09. The van der Waals surface area contributed by atoms with Crippen molar-refractivity contribution in [3.05, 3.63) is 268 Å². The van der Waals surface area contributed by atoms with Gasteiger partial charge in [0.05, 0.1) is 10.9 Å². The van der Waals surface area contributed by atoms with Crippen molar-refractivity contribution >= 4 is 45.8 Å². The van der Waals surface area contributed by atoms with Gasteiger partial charge in [-0.25, -0.2) is 0 Å². The lowest BCUT2D eigenvalue weighted by Crippen LogP contribution is -2.37. The molecule has 2 unspecified atom stereocenters. The lowest BCUT2D eigenvalue weighted by Gasteiger charge is -2.43. The predicted octanol–water partition coefficient (Wildman–Crippen LogP) is 15.9. The summed E-state index contributed by atoms with van der Waals surface area (Å²) >= 11 is 0. The summed E-state index contributed by atoms with van der Waals surface area (Å²) in [6.07, 6.45) is 37.9. The first kappa shape index (κ1) is 42.2. The standard InChI is InChI=1S/C67H57N3/c1-7-23-50(24-8-1)67(51-25-9-2-10-26-51)63-37-21-19-35-59(63)60-41-40-56(47-64(60)67)69(54-31-15-5-16-32-54)58-44-49(43-57(46-58)68(52-27-11-3-12-28-52)53-29-13-4-14-30-53)48-39-42-66-62(45-48)61-36-20-22-38-65(61)70(66)55-33-17-6-18-34-55/h1-13,15-18,21,23-25,27-29,31-34,36-39,42-47,51H,14,19-20,22,26,30,35,40-41H2. The third-order valence-electron chi connectivity index (χ3n) is 15.7. The zero-order valence-corrected chi connectivity index (χ0v) is 39.7. The molecule has 6 aliphatic rings. The minimum Gasteiger partial charge on any atom is -0.314 e. The molecule has 0 aliphatic heterocycles. The molecule has 70 heavy (non-hydrogen) atoms. The predicted molar refractivity (Wildman–Crippen MR) is 294 cm³/mol. The first-order valence-corrected chi connectivity index (χ1v) is 25.6. The number of anilines is 4. The summed E-state index contributed by atoms with van der Waals surface area (Å²) < 4.78 is 2.46. The molecular weight excluding hydrogens is 847 g/mol. The molecule has 2 atom stereocenters. The summed E-state index contributed by atoms with van der Waals surface area (Å²) in [5, 5.41) is 3.93. The van der Waals surface area contributed by atoms with E-state index in [1.165, 1.54) is 72.1 Å². The molecule has 13 rings (SSSR count). The Kier molecular flexibility index (Phi) is 10.8. The van der Waals surface area contributed by atoms with Gasteiger partial charge >= 0.3 is 0 Å². The van der Waals surface area contributed by atoms with Gasteiger partial charge in [-0.1, -0.05) is 152 Å². The summed E-state index contributed by atoms with van der Waals surface area (Å²) in [5.41, 5.74) is 19.3. The van der Waals surface area contributed by atoms with Gasteiger partial charge in [0.25, 0.3) is 0 Å². The van der Waals surface area contributed by atoms with E-state index >= 15 is 0 Å². The lowest BCUT2D eigenvalue weighted by atomic mass is 9.60. The van der Waals surface area contributed by atoms with Crippen molar-refractivity contribution in [3.63, 3.8) is 0 Å². The SMILES string of the molecule is C1=CCCC(N(c2ccccc2)c2cc(-c3ccc4c(c3)c3c(n4-c4ccccc4)=CCCC=3)cc(N(C3=CC4=C(CC3)C3=C(C=CCC3)C4(c3ccccc3)C3C=CC=CC3)c3ccccc3)c2)=C1. The molecule has 0 amide bonds. The van der Waals surface area contributed by atoms with Gasteiger partial charge < -0.3 is 14.4 Å². The van der Waals surface area contributed by atoms with Gasteiger partial charge in [0.2, 0.25) is 0 Å². The largest absolute Gasteiger partial charge is 0.314 e. The van der Waals surface area contributed by atoms with E-state index in [4.69, 9.17) is 0 Å². The van der Waals surface area contributed by atoms with E-state index in [-0.39, 0.29) is 5.41 Å². The second-order valence-electron chi connectivity index (χ2n) is 19.6. The Morgan fingerprint density at radius 3 is 1.90 bits per heavy atom. The van der Waals surface area contributed by atoms with Crippen LogP contribution in [-0.2, 0) is 5.41 Å². The van der Waals surface area contributed by atoms with Crippen LogP contribution in [0.4, 0.5) is 22.7 Å². The van der Waals surface area contributed by atoms with E-state index in [1.807, 2.05) is 0 Å². The van der Waals surface area contributed by atoms with Crippen LogP contribution in [0.1, 0.15) is 63.4 Å². The van der Waals surface area contributed by atoms with Gasteiger partial charge in [-0.3, -0.25) is 0 Å². The number of aromatic nitrogens is 1. The van der Waals surface area contributed by atoms with Crippen LogP contribution in [0, 0.1) is 5.92 Å². The van der Waals surface area contributed by atoms with Crippen LogP contribution in [0.3, 0.4) is 0 Å². The summed E-state index contributed by atoms with van der Waals surface area (Å²) in [6, 6.07) is 59.0. The summed E-state index contributed by atoms with van der Waals surface area (Å²) in [4.78, 5) is 5.11. The fourth-order valence-electron chi connectivity index (χ4n) is 12.7. The molecule has 6 aromatic carbocycles. The highest BCUT2D eigenvalue weighted by Gasteiger charge is 2.51. The molecule has 0 fully saturated rings. The molecule has 0 radical (unpaired) electrons. The van der Waals surface area contributed by atoms with Gasteiger partial charge in [0.15, 0.2) is 0 Å². The summed E-state index contributed by atoms with van der Waals surface area (Å²) in [5.74, 6) is 0.292. The topological polar surface area (TPSA) is 11.4 Å². The van der Waals surface area contributed by atoms with Crippen LogP contribution >= 0.6 is 0 Å². The van der Waals surface area contributed by atoms with E-state index in [1.54, 1.807) is 11.1 Å². The molecule has 0 N–H and O–H groups in total. The minimum absolute atomic E-state index is 0.292. The monoisotopic (exact) mass is 903 g/mol. The van der Waals surface area contributed by atoms with E-state index in [9.17, 15) is 0 Å². The number of fused-ring (bicyclic) bond motifs is 4. The highest BCUT2D eigenvalue weighted by Crippen LogP contribution is 2.60. The van der Waals surface area contributed by atoms with Crippen LogP contribution in [-0.4, -0.2) is 4.57 Å². The van der Waals surface area contributed by atoms with Gasteiger partial charge in [-0.2, -0.15) is 0 Å². The normalized spacial score (nSPS) is 20.0. The fourth-order valence-corrected chi connectivity index (χ4v) is 12.7. The number of rotatable bonds is 10. The molecule has 6 aliphatic carbocycles. The zero-order chi connectivity index (χ0) is 46.4. The molecule has 0 saturated heterocycles. The van der Waals surface area contributed by atoms with Crippen LogP contribution in [0.25, 0.3) is 39.9 Å². The fraction of sp³-hybridized carbons (Fsp3) is 0.164. The van der Waals surface area contributed by atoms with E-state index in [0.29, 0.717) is 5.92 Å². The Bertz CT molecular complexity index is 3560. The number of nitrogens with zero attached hydrogens (tertiary/aromatic N) is 3. The quantitative estimate of drug-likeness (QED) is 0.135. The molecule has 340 valence electrons. The van der Waals surface area contributed by atoms with Crippen molar-refractivity contribution in [3.8, 4) is 16.8 Å². The van der Waals surface area contributed by atoms with Gasteiger partial charge in [0.1, 0.15) is 0 Å². The summed E-state index contributed by atoms with van der Waals surface area (Å²) in [6.45, 7) is 0. The van der Waals surface area contributed by atoms with Crippen molar-refractivity contribution in [2.24, 2.45) is 5.92 Å². The molecular formula is C67H57N3. The van der Waals surface area contributed by atoms with E-state index in [0.717, 1.165) is 74.8 Å². The van der Waals surface area contributed by atoms with Crippen LogP contribution in [0.5, 0.6) is 0 Å². The molecule has 0 saturated carbocycles. The maximum Gasteiger partial charge on any atom is 0.0541 e. The first-order valence-electron chi connectivity index (χ1n) is 25.6. The maximum atomic E-state index is 2.64. The Morgan fingerprint density at radius 2 is 1.19 bits per heavy atom. The van der Waals surface area contributed by atoms with Crippen molar-refractivity contribution in [2.45, 2.75) is 63.2 Å². The molecule has 7 aromatic rings. The minimum atomic E-state index is -0.296. The van der Waals surface area contributed by atoms with Gasteiger partial charge in [-0.15, -0.1) is 0 Å². The van der Waals surface area contributed by atoms with Crippen molar-refractivity contribution < 1.29 is 0 Å². The average molecular weight is 904 g/mol. The second-order valence-corrected chi connectivity index (χ2v) is 19.6. The molecule has 1 aromatic heterocycles. The van der Waals surface area contributed by atoms with Crippen molar-refractivity contribution in [1.82, 2.24) is 4.57 Å². The Morgan fingerprint density at radius 1 is 0.500 bits per heavy atom. The second kappa shape index (κ2) is 17.9. The van der Waals surface area contributed by atoms with Crippen LogP contribution in [0.15, 0.2) is 252 Å². The smallest absolute Gasteiger partial charge is 0.0541 e. The molecule has 3 nitrogen and oxygen atoms in total. The molecule has 0 spiro atoms. The third-order valence-corrected chi connectivity index (χ3v) is 15.7. The number of para-hydroxylation sites is 3. The molecule has 0 bridgehead atoms. The highest BCUT2D eigenvalue weighted by molar-refractivity contribution is 5.91. The van der Waals surface area contributed by atoms with Crippen molar-refractivity contribution in [2.75, 3.05) is 9.80 Å². The number of hydrogen-bond donors (Lipinski definition) is 0. The van der Waals surface area contributed by atoms with Gasteiger partial charge in [-0.05, 0) is 182 Å². The van der Waals surface area contributed by atoms with Crippen LogP contribution < -0.4 is 20.4 Å². The molecule has 1 heterocycles. The maximum absolute atomic E-state index is 2.64. The van der Waals surface area contributed by atoms with Crippen molar-refractivity contribution in [1.29, 1.82) is 0 Å². The van der Waals surface area contributed by atoms with Crippen LogP contribution in [0.2, 0.25) is 0 Å². The lowest BCUT2D eigenvalue weighted by molar-refractivity contribution is 0.447. The number of allylic oxidation sites excluding steroid dienone is 16. The average Bonchev–Trinajstić information content (AvgIpc) is 3.93. The highest BCUT2D eigenvalue weighted by atomic mass is 15.2. The Labute approximate surface area is 412 Å².